The highest BCUT2D eigenvalue weighted by Crippen LogP contribution is 2.35. The Hall–Kier alpha value is -0.890. The van der Waals surface area contributed by atoms with Gasteiger partial charge in [-0.2, -0.15) is 0 Å². The lowest BCUT2D eigenvalue weighted by atomic mass is 9.73. The maximum atomic E-state index is 10.3. The fourth-order valence-corrected chi connectivity index (χ4v) is 3.05. The van der Waals surface area contributed by atoms with E-state index in [-0.39, 0.29) is 35.5 Å². The van der Waals surface area contributed by atoms with Crippen LogP contribution in [0.5, 0.6) is 0 Å². The van der Waals surface area contributed by atoms with Crippen molar-refractivity contribution in [1.29, 1.82) is 0 Å². The minimum absolute atomic E-state index is 0. The number of hydrogen-bond donors (Lipinski definition) is 3. The van der Waals surface area contributed by atoms with Crippen LogP contribution < -0.4 is 10.6 Å². The number of aromatic nitrogens is 1. The smallest absolute Gasteiger partial charge is 0.191 e. The number of hydrogen-bond acceptors (Lipinski definition) is 3. The number of aliphatic imine (C=N–C) groups is 1. The van der Waals surface area contributed by atoms with Gasteiger partial charge in [-0.05, 0) is 38.3 Å². The molecule has 2 atom stereocenters. The fourth-order valence-electron chi connectivity index (χ4n) is 3.05. The number of aryl methyl sites for hydroxylation is 1. The average Bonchev–Trinajstić information content (AvgIpc) is 2.54. The number of pyridine rings is 1. The molecular weight excluding hydrogens is 415 g/mol. The first-order chi connectivity index (χ1) is 11.0. The summed E-state index contributed by atoms with van der Waals surface area (Å²) in [6.45, 7) is 8.38. The van der Waals surface area contributed by atoms with Gasteiger partial charge in [-0.3, -0.25) is 4.98 Å². The zero-order chi connectivity index (χ0) is 16.7. The van der Waals surface area contributed by atoms with Crippen LogP contribution in [0, 0.1) is 12.3 Å². The first-order valence-corrected chi connectivity index (χ1v) is 8.66. The molecule has 1 aliphatic rings. The predicted octanol–water partition coefficient (Wildman–Crippen LogP) is 3.00. The Balaban J connectivity index is 0.00000288. The molecule has 5 nitrogen and oxygen atoms in total. The van der Waals surface area contributed by atoms with E-state index in [1.54, 1.807) is 6.20 Å². The first kappa shape index (κ1) is 21.2. The molecule has 0 spiro atoms. The summed E-state index contributed by atoms with van der Waals surface area (Å²) in [5.41, 5.74) is 2.07. The molecular formula is C18H31IN4O. The second-order valence-electron chi connectivity index (χ2n) is 6.73. The molecule has 0 aliphatic heterocycles. The van der Waals surface area contributed by atoms with Gasteiger partial charge >= 0.3 is 0 Å². The van der Waals surface area contributed by atoms with Gasteiger partial charge in [-0.25, -0.2) is 4.99 Å². The molecule has 1 fully saturated rings. The van der Waals surface area contributed by atoms with Gasteiger partial charge in [-0.1, -0.05) is 25.8 Å². The van der Waals surface area contributed by atoms with Crippen LogP contribution in [0.25, 0.3) is 0 Å². The van der Waals surface area contributed by atoms with E-state index in [9.17, 15) is 5.11 Å². The second kappa shape index (κ2) is 10.2. The van der Waals surface area contributed by atoms with E-state index in [4.69, 9.17) is 0 Å². The van der Waals surface area contributed by atoms with Crippen molar-refractivity contribution >= 4 is 29.9 Å². The van der Waals surface area contributed by atoms with Crippen LogP contribution in [0.3, 0.4) is 0 Å². The molecule has 0 amide bonds. The lowest BCUT2D eigenvalue weighted by molar-refractivity contribution is 0.00397. The number of halogens is 1. The van der Waals surface area contributed by atoms with Crippen LogP contribution in [0.2, 0.25) is 0 Å². The molecule has 1 aromatic rings. The van der Waals surface area contributed by atoms with Crippen LogP contribution >= 0.6 is 24.0 Å². The molecule has 2 rings (SSSR count). The molecule has 3 N–H and O–H groups in total. The van der Waals surface area contributed by atoms with E-state index in [1.165, 1.54) is 6.42 Å². The third kappa shape index (κ3) is 5.88. The maximum absolute atomic E-state index is 10.3. The number of nitrogens with one attached hydrogen (secondary N) is 2. The Bertz CT molecular complexity index is 538. The lowest BCUT2D eigenvalue weighted by Crippen LogP contribution is -2.48. The van der Waals surface area contributed by atoms with Crippen molar-refractivity contribution in [3.05, 3.63) is 29.6 Å². The summed E-state index contributed by atoms with van der Waals surface area (Å²) >= 11 is 0. The summed E-state index contributed by atoms with van der Waals surface area (Å²) in [5.74, 6) is 0.788. The second-order valence-corrected chi connectivity index (χ2v) is 6.73. The Labute approximate surface area is 162 Å². The van der Waals surface area contributed by atoms with E-state index in [0.29, 0.717) is 6.54 Å². The van der Waals surface area contributed by atoms with Gasteiger partial charge in [0, 0.05) is 24.7 Å². The normalized spacial score (nSPS) is 24.2. The van der Waals surface area contributed by atoms with Crippen LogP contribution in [0.1, 0.15) is 50.8 Å². The summed E-state index contributed by atoms with van der Waals surface area (Å²) in [6, 6.07) is 3.99. The highest BCUT2D eigenvalue weighted by Gasteiger charge is 2.35. The third-order valence-electron chi connectivity index (χ3n) is 4.79. The van der Waals surface area contributed by atoms with Crippen molar-refractivity contribution < 1.29 is 5.11 Å². The summed E-state index contributed by atoms with van der Waals surface area (Å²) in [7, 11) is 0. The Morgan fingerprint density at radius 2 is 2.21 bits per heavy atom. The molecule has 1 heterocycles. The molecule has 1 saturated carbocycles. The molecule has 1 aliphatic carbocycles. The van der Waals surface area contributed by atoms with Crippen molar-refractivity contribution in [3.8, 4) is 0 Å². The first-order valence-electron chi connectivity index (χ1n) is 8.66. The molecule has 0 saturated heterocycles. The standard InChI is InChI=1S/C18H30N4O.HI/c1-4-19-17(21-12-15-14(2)8-7-11-20-15)22-13-18(3)10-6-5-9-16(18)23;/h7-8,11,16,23H,4-6,9-10,12-13H2,1-3H3,(H2,19,21,22);1H. The van der Waals surface area contributed by atoms with E-state index in [2.05, 4.69) is 47.4 Å². The average molecular weight is 446 g/mol. The van der Waals surface area contributed by atoms with Crippen LogP contribution in [0.4, 0.5) is 0 Å². The van der Waals surface area contributed by atoms with E-state index >= 15 is 0 Å². The van der Waals surface area contributed by atoms with E-state index in [1.807, 2.05) is 6.07 Å². The van der Waals surface area contributed by atoms with Crippen LogP contribution in [-0.2, 0) is 6.54 Å². The van der Waals surface area contributed by atoms with Gasteiger partial charge in [0.15, 0.2) is 5.96 Å². The van der Waals surface area contributed by atoms with Crippen molar-refractivity contribution in [2.75, 3.05) is 13.1 Å². The fraction of sp³-hybridized carbons (Fsp3) is 0.667. The molecule has 0 bridgehead atoms. The largest absolute Gasteiger partial charge is 0.392 e. The topological polar surface area (TPSA) is 69.5 Å². The number of aliphatic hydroxyl groups excluding tert-OH is 1. The highest BCUT2D eigenvalue weighted by atomic mass is 127. The molecule has 24 heavy (non-hydrogen) atoms. The molecule has 1 aromatic heterocycles. The SMILES string of the molecule is CCNC(=NCc1ncccc1C)NCC1(C)CCCCC1O.I. The molecule has 136 valence electrons. The monoisotopic (exact) mass is 446 g/mol. The quantitative estimate of drug-likeness (QED) is 0.370. The van der Waals surface area contributed by atoms with Gasteiger partial charge in [0.1, 0.15) is 0 Å². The van der Waals surface area contributed by atoms with Crippen molar-refractivity contribution in [3.63, 3.8) is 0 Å². The molecule has 2 unspecified atom stereocenters. The lowest BCUT2D eigenvalue weighted by Gasteiger charge is -2.38. The Morgan fingerprint density at radius 1 is 1.42 bits per heavy atom. The molecule has 6 heteroatoms. The van der Waals surface area contributed by atoms with Crippen LogP contribution in [-0.4, -0.2) is 35.2 Å². The third-order valence-corrected chi connectivity index (χ3v) is 4.79. The molecule has 0 radical (unpaired) electrons. The van der Waals surface area contributed by atoms with Gasteiger partial charge in [0.25, 0.3) is 0 Å². The maximum Gasteiger partial charge on any atom is 0.191 e. The zero-order valence-corrected chi connectivity index (χ0v) is 17.3. The number of rotatable bonds is 5. The van der Waals surface area contributed by atoms with Crippen molar-refractivity contribution in [2.24, 2.45) is 10.4 Å². The zero-order valence-electron chi connectivity index (χ0n) is 15.0. The molecule has 0 aromatic carbocycles. The van der Waals surface area contributed by atoms with Crippen molar-refractivity contribution in [2.45, 2.75) is 59.1 Å². The highest BCUT2D eigenvalue weighted by molar-refractivity contribution is 14.0. The summed E-state index contributed by atoms with van der Waals surface area (Å²) in [5, 5.41) is 17.0. The van der Waals surface area contributed by atoms with Crippen molar-refractivity contribution in [1.82, 2.24) is 15.6 Å². The van der Waals surface area contributed by atoms with Gasteiger partial charge in [-0.15, -0.1) is 24.0 Å². The Morgan fingerprint density at radius 3 is 2.88 bits per heavy atom. The number of aliphatic hydroxyl groups is 1. The number of guanidine groups is 1. The van der Waals surface area contributed by atoms with Crippen LogP contribution in [0.15, 0.2) is 23.3 Å². The summed E-state index contributed by atoms with van der Waals surface area (Å²) in [4.78, 5) is 9.02. The minimum atomic E-state index is -0.232. The predicted molar refractivity (Wildman–Crippen MR) is 110 cm³/mol. The summed E-state index contributed by atoms with van der Waals surface area (Å²) < 4.78 is 0. The number of nitrogens with zero attached hydrogens (tertiary/aromatic N) is 2. The van der Waals surface area contributed by atoms with E-state index in [0.717, 1.165) is 49.6 Å². The van der Waals surface area contributed by atoms with Gasteiger partial charge in [0.05, 0.1) is 18.3 Å². The van der Waals surface area contributed by atoms with Gasteiger partial charge < -0.3 is 15.7 Å². The summed E-state index contributed by atoms with van der Waals surface area (Å²) in [6.07, 6.45) is 5.85. The Kier molecular flexibility index (Phi) is 8.97. The minimum Gasteiger partial charge on any atom is -0.392 e. The van der Waals surface area contributed by atoms with Gasteiger partial charge in [0.2, 0.25) is 0 Å². The van der Waals surface area contributed by atoms with E-state index < -0.39 is 0 Å².